The van der Waals surface area contributed by atoms with E-state index in [0.29, 0.717) is 5.56 Å². The van der Waals surface area contributed by atoms with Crippen LogP contribution in [-0.4, -0.2) is 13.1 Å². The Hall–Kier alpha value is -2.09. The molecule has 0 aromatic heterocycles. The third kappa shape index (κ3) is 2.28. The third-order valence-corrected chi connectivity index (χ3v) is 3.08. The van der Waals surface area contributed by atoms with Crippen molar-refractivity contribution in [2.45, 2.75) is 13.8 Å². The first-order valence-corrected chi connectivity index (χ1v) is 5.88. The van der Waals surface area contributed by atoms with Gasteiger partial charge in [-0.25, -0.2) is 4.79 Å². The number of methoxy groups -OCH3 is 1. The summed E-state index contributed by atoms with van der Waals surface area (Å²) in [6, 6.07) is 13.8. The maximum atomic E-state index is 11.4. The van der Waals surface area contributed by atoms with E-state index in [4.69, 9.17) is 4.74 Å². The number of benzene rings is 2. The zero-order valence-electron chi connectivity index (χ0n) is 10.9. The van der Waals surface area contributed by atoms with Gasteiger partial charge in [-0.3, -0.25) is 0 Å². The van der Waals surface area contributed by atoms with Crippen LogP contribution in [0.4, 0.5) is 0 Å². The Kier molecular flexibility index (Phi) is 3.47. The highest BCUT2D eigenvalue weighted by Crippen LogP contribution is 2.27. The molecule has 0 unspecified atom stereocenters. The first-order valence-electron chi connectivity index (χ1n) is 5.88. The molecule has 2 aromatic rings. The topological polar surface area (TPSA) is 26.3 Å². The summed E-state index contributed by atoms with van der Waals surface area (Å²) in [5.41, 5.74) is 5.40. The Morgan fingerprint density at radius 1 is 0.944 bits per heavy atom. The average Bonchev–Trinajstić information content (AvgIpc) is 2.38. The molecule has 2 nitrogen and oxygen atoms in total. The molecule has 0 amide bonds. The van der Waals surface area contributed by atoms with Crippen molar-refractivity contribution in [2.75, 3.05) is 7.11 Å². The monoisotopic (exact) mass is 240 g/mol. The molecule has 0 saturated carbocycles. The molecule has 0 aliphatic rings. The van der Waals surface area contributed by atoms with Gasteiger partial charge in [-0.1, -0.05) is 30.3 Å². The number of carbonyl (C=O) groups is 1. The molecule has 18 heavy (non-hydrogen) atoms. The van der Waals surface area contributed by atoms with Gasteiger partial charge in [0.2, 0.25) is 0 Å². The van der Waals surface area contributed by atoms with Crippen molar-refractivity contribution in [3.63, 3.8) is 0 Å². The largest absolute Gasteiger partial charge is 0.465 e. The van der Waals surface area contributed by atoms with Crippen LogP contribution in [0.1, 0.15) is 21.5 Å². The molecule has 0 aliphatic carbocycles. The molecule has 0 aliphatic heterocycles. The van der Waals surface area contributed by atoms with Crippen LogP contribution in [0.15, 0.2) is 42.5 Å². The fourth-order valence-electron chi connectivity index (χ4n) is 2.16. The maximum absolute atomic E-state index is 11.4. The lowest BCUT2D eigenvalue weighted by Gasteiger charge is -2.10. The van der Waals surface area contributed by atoms with Crippen molar-refractivity contribution in [1.82, 2.24) is 0 Å². The van der Waals surface area contributed by atoms with Crippen molar-refractivity contribution >= 4 is 5.97 Å². The summed E-state index contributed by atoms with van der Waals surface area (Å²) < 4.78 is 4.69. The normalized spacial score (nSPS) is 10.2. The van der Waals surface area contributed by atoms with Gasteiger partial charge < -0.3 is 4.74 Å². The molecular formula is C16H16O2. The summed E-state index contributed by atoms with van der Waals surface area (Å²) in [4.78, 5) is 11.4. The van der Waals surface area contributed by atoms with E-state index in [9.17, 15) is 4.79 Å². The standard InChI is InChI=1S/C16H16O2/c1-11-5-4-6-12(2)15(11)13-7-9-14(10-8-13)16(17)18-3/h4-10H,1-3H3. The van der Waals surface area contributed by atoms with Crippen molar-refractivity contribution in [3.8, 4) is 11.1 Å². The van der Waals surface area contributed by atoms with Gasteiger partial charge in [0.1, 0.15) is 0 Å². The second kappa shape index (κ2) is 5.05. The minimum absolute atomic E-state index is 0.303. The predicted molar refractivity (Wildman–Crippen MR) is 72.7 cm³/mol. The highest BCUT2D eigenvalue weighted by molar-refractivity contribution is 5.90. The van der Waals surface area contributed by atoms with E-state index in [1.54, 1.807) is 12.1 Å². The molecule has 2 aromatic carbocycles. The van der Waals surface area contributed by atoms with E-state index < -0.39 is 0 Å². The molecule has 0 spiro atoms. The van der Waals surface area contributed by atoms with Crippen molar-refractivity contribution in [3.05, 3.63) is 59.2 Å². The molecule has 0 saturated heterocycles. The second-order valence-corrected chi connectivity index (χ2v) is 4.34. The predicted octanol–water partition coefficient (Wildman–Crippen LogP) is 3.76. The maximum Gasteiger partial charge on any atom is 0.337 e. The zero-order chi connectivity index (χ0) is 13.1. The summed E-state index contributed by atoms with van der Waals surface area (Å²) in [5.74, 6) is -0.303. The van der Waals surface area contributed by atoms with E-state index in [0.717, 1.165) is 5.56 Å². The number of hydrogen-bond donors (Lipinski definition) is 0. The average molecular weight is 240 g/mol. The Morgan fingerprint density at radius 3 is 2.00 bits per heavy atom. The SMILES string of the molecule is COC(=O)c1ccc(-c2c(C)cccc2C)cc1. The summed E-state index contributed by atoms with van der Waals surface area (Å²) in [7, 11) is 1.39. The summed E-state index contributed by atoms with van der Waals surface area (Å²) in [6.45, 7) is 4.19. The van der Waals surface area contributed by atoms with Gasteiger partial charge in [0.05, 0.1) is 12.7 Å². The van der Waals surface area contributed by atoms with E-state index in [1.807, 2.05) is 12.1 Å². The number of esters is 1. The Balaban J connectivity index is 2.44. The highest BCUT2D eigenvalue weighted by atomic mass is 16.5. The van der Waals surface area contributed by atoms with Crippen LogP contribution < -0.4 is 0 Å². The quantitative estimate of drug-likeness (QED) is 0.747. The lowest BCUT2D eigenvalue weighted by Crippen LogP contribution is -2.00. The molecular weight excluding hydrogens is 224 g/mol. The lowest BCUT2D eigenvalue weighted by molar-refractivity contribution is 0.0601. The molecule has 0 radical (unpaired) electrons. The van der Waals surface area contributed by atoms with Crippen molar-refractivity contribution in [2.24, 2.45) is 0 Å². The molecule has 0 heterocycles. The smallest absolute Gasteiger partial charge is 0.337 e. The van der Waals surface area contributed by atoms with Crippen molar-refractivity contribution < 1.29 is 9.53 Å². The van der Waals surface area contributed by atoms with Gasteiger partial charge in [-0.05, 0) is 48.2 Å². The number of hydrogen-bond acceptors (Lipinski definition) is 2. The molecule has 92 valence electrons. The van der Waals surface area contributed by atoms with Crippen LogP contribution in [0, 0.1) is 13.8 Å². The molecule has 0 fully saturated rings. The van der Waals surface area contributed by atoms with Gasteiger partial charge in [-0.15, -0.1) is 0 Å². The van der Waals surface area contributed by atoms with Crippen LogP contribution in [0.25, 0.3) is 11.1 Å². The number of ether oxygens (including phenoxy) is 1. The lowest BCUT2D eigenvalue weighted by atomic mass is 9.95. The van der Waals surface area contributed by atoms with Gasteiger partial charge in [0.25, 0.3) is 0 Å². The first kappa shape index (κ1) is 12.4. The molecule has 2 rings (SSSR count). The van der Waals surface area contributed by atoms with Crippen LogP contribution in [0.3, 0.4) is 0 Å². The summed E-state index contributed by atoms with van der Waals surface area (Å²) >= 11 is 0. The highest BCUT2D eigenvalue weighted by Gasteiger charge is 2.08. The van der Waals surface area contributed by atoms with Crippen LogP contribution in [0.2, 0.25) is 0 Å². The summed E-state index contributed by atoms with van der Waals surface area (Å²) in [6.07, 6.45) is 0. The molecule has 2 heteroatoms. The minimum Gasteiger partial charge on any atom is -0.465 e. The molecule has 0 bridgehead atoms. The van der Waals surface area contributed by atoms with E-state index in [-0.39, 0.29) is 5.97 Å². The van der Waals surface area contributed by atoms with E-state index >= 15 is 0 Å². The Morgan fingerprint density at radius 2 is 1.50 bits per heavy atom. The van der Waals surface area contributed by atoms with Crippen LogP contribution >= 0.6 is 0 Å². The van der Waals surface area contributed by atoms with Gasteiger partial charge in [0.15, 0.2) is 0 Å². The van der Waals surface area contributed by atoms with E-state index in [1.165, 1.54) is 23.8 Å². The number of carbonyl (C=O) groups excluding carboxylic acids is 1. The minimum atomic E-state index is -0.303. The first-order chi connectivity index (χ1) is 8.63. The van der Waals surface area contributed by atoms with Gasteiger partial charge in [0, 0.05) is 0 Å². The van der Waals surface area contributed by atoms with E-state index in [2.05, 4.69) is 32.0 Å². The summed E-state index contributed by atoms with van der Waals surface area (Å²) in [5, 5.41) is 0. The fourth-order valence-corrected chi connectivity index (χ4v) is 2.16. The Bertz CT molecular complexity index is 548. The van der Waals surface area contributed by atoms with Gasteiger partial charge in [-0.2, -0.15) is 0 Å². The second-order valence-electron chi connectivity index (χ2n) is 4.34. The Labute approximate surface area is 107 Å². The molecule has 0 atom stereocenters. The van der Waals surface area contributed by atoms with Crippen molar-refractivity contribution in [1.29, 1.82) is 0 Å². The van der Waals surface area contributed by atoms with Gasteiger partial charge >= 0.3 is 5.97 Å². The fraction of sp³-hybridized carbons (Fsp3) is 0.188. The number of rotatable bonds is 2. The zero-order valence-corrected chi connectivity index (χ0v) is 10.9. The number of aryl methyl sites for hydroxylation is 2. The molecule has 0 N–H and O–H groups in total. The van der Waals surface area contributed by atoms with Crippen LogP contribution in [-0.2, 0) is 4.74 Å². The van der Waals surface area contributed by atoms with Crippen LogP contribution in [0.5, 0.6) is 0 Å². The third-order valence-electron chi connectivity index (χ3n) is 3.08.